The number of aromatic amines is 2. The van der Waals surface area contributed by atoms with Crippen molar-refractivity contribution in [2.75, 3.05) is 0 Å². The topological polar surface area (TPSA) is 239 Å². The first-order valence-electron chi connectivity index (χ1n) is 18.9. The van der Waals surface area contributed by atoms with Gasteiger partial charge in [-0.2, -0.15) is 26.3 Å². The van der Waals surface area contributed by atoms with E-state index in [2.05, 4.69) is 39.3 Å². The van der Waals surface area contributed by atoms with Crippen molar-refractivity contribution in [3.05, 3.63) is 150 Å². The van der Waals surface area contributed by atoms with Gasteiger partial charge in [0.05, 0.1) is 50.0 Å². The summed E-state index contributed by atoms with van der Waals surface area (Å²) in [5, 5.41) is 17.2. The summed E-state index contributed by atoms with van der Waals surface area (Å²) in [5.74, 6) is -3.42. The van der Waals surface area contributed by atoms with E-state index in [1.165, 1.54) is 55.5 Å². The van der Waals surface area contributed by atoms with Gasteiger partial charge >= 0.3 is 59.4 Å². The fraction of sp³-hybridized carbons (Fsp3) is 0.167. The number of carbonyl (C=O) groups excluding carboxylic acids is 1. The summed E-state index contributed by atoms with van der Waals surface area (Å²) < 4.78 is 131. The van der Waals surface area contributed by atoms with Crippen LogP contribution in [0.5, 0.6) is 11.5 Å². The van der Waals surface area contributed by atoms with Crippen molar-refractivity contribution in [3.8, 4) is 55.4 Å². The first-order valence-corrected chi connectivity index (χ1v) is 20.5. The van der Waals surface area contributed by atoms with Gasteiger partial charge in [0.1, 0.15) is 53.0 Å². The van der Waals surface area contributed by atoms with Gasteiger partial charge in [-0.05, 0) is 48.5 Å². The molecule has 0 spiro atoms. The predicted octanol–water partition coefficient (Wildman–Crippen LogP) is 6.16. The summed E-state index contributed by atoms with van der Waals surface area (Å²) in [6.07, 6.45) is -8.90. The second kappa shape index (κ2) is 22.7. The van der Waals surface area contributed by atoms with Gasteiger partial charge in [-0.1, -0.05) is 34.6 Å². The monoisotopic (exact) mass is 1020 g/mol. The quantitative estimate of drug-likeness (QED) is 0.0666. The third kappa shape index (κ3) is 13.6. The Morgan fingerprint density at radius 1 is 0.652 bits per heavy atom. The van der Waals surface area contributed by atoms with Crippen LogP contribution < -0.4 is 50.5 Å². The van der Waals surface area contributed by atoms with E-state index < -0.39 is 59.2 Å². The average molecular weight is 1020 g/mol. The molecule has 0 saturated heterocycles. The Balaban J connectivity index is 0.000000251. The smallest absolute Gasteiger partial charge is 0.870 e. The third-order valence-corrected chi connectivity index (χ3v) is 11.3. The Morgan fingerprint density at radius 3 is 1.41 bits per heavy atom. The average Bonchev–Trinajstić information content (AvgIpc) is 4.11. The number of thiazole rings is 2. The molecule has 4 N–H and O–H groups in total. The SMILES string of the molecule is CC(=O)OCc1nc(-c2ccc(C(F)(F)F)cc2)sc1COc1ccc(-c2noc(=O)[nH]2)c(F)c1.O=c1[nH]c(-c2ccc(OCc3sc(-c4ccc(C(F)(F)F)cc4)nc3CO)cc2F)no1.[Na+].[OH-]. The predicted molar refractivity (Wildman–Crippen MR) is 222 cm³/mol. The molecule has 27 heteroatoms. The zero-order chi connectivity index (χ0) is 48.0. The summed E-state index contributed by atoms with van der Waals surface area (Å²) in [4.78, 5) is 47.5. The van der Waals surface area contributed by atoms with Crippen LogP contribution in [0.2, 0.25) is 0 Å². The molecule has 356 valence electrons. The summed E-state index contributed by atoms with van der Waals surface area (Å²) >= 11 is 2.28. The Hall–Kier alpha value is -6.55. The van der Waals surface area contributed by atoms with Crippen LogP contribution in [-0.2, 0) is 48.3 Å². The van der Waals surface area contributed by atoms with Crippen molar-refractivity contribution in [1.29, 1.82) is 0 Å². The van der Waals surface area contributed by atoms with Gasteiger partial charge in [0, 0.05) is 30.2 Å². The summed E-state index contributed by atoms with van der Waals surface area (Å²) in [6.45, 7) is 0.536. The molecule has 4 aromatic carbocycles. The van der Waals surface area contributed by atoms with E-state index in [-0.39, 0.29) is 89.1 Å². The van der Waals surface area contributed by atoms with Crippen LogP contribution in [0.15, 0.2) is 104 Å². The number of ether oxygens (including phenoxy) is 3. The second-order valence-corrected chi connectivity index (χ2v) is 15.8. The summed E-state index contributed by atoms with van der Waals surface area (Å²) in [7, 11) is 0. The normalized spacial score (nSPS) is 11.2. The molecule has 0 atom stereocenters. The number of hydrogen-bond donors (Lipinski definition) is 3. The molecule has 4 aromatic heterocycles. The van der Waals surface area contributed by atoms with Crippen LogP contribution >= 0.6 is 22.7 Å². The molecular formula is C42H29F8N6NaO10S2. The summed E-state index contributed by atoms with van der Waals surface area (Å²) in [6, 6.07) is 16.8. The van der Waals surface area contributed by atoms with Crippen LogP contribution in [0, 0.1) is 11.6 Å². The molecule has 0 aliphatic rings. The van der Waals surface area contributed by atoms with E-state index in [0.717, 1.165) is 59.1 Å². The van der Waals surface area contributed by atoms with Crippen molar-refractivity contribution in [2.45, 2.75) is 45.7 Å². The molecule has 8 rings (SSSR count). The number of aliphatic hydroxyl groups is 1. The van der Waals surface area contributed by atoms with Crippen LogP contribution in [0.4, 0.5) is 35.1 Å². The van der Waals surface area contributed by atoms with E-state index >= 15 is 0 Å². The van der Waals surface area contributed by atoms with E-state index in [4.69, 9.17) is 14.2 Å². The number of halogens is 8. The molecule has 0 unspecified atom stereocenters. The number of H-pyrrole nitrogens is 2. The fourth-order valence-electron chi connectivity index (χ4n) is 5.79. The first-order chi connectivity index (χ1) is 31.8. The number of aliphatic hydroxyl groups excluding tert-OH is 1. The molecule has 16 nitrogen and oxygen atoms in total. The van der Waals surface area contributed by atoms with Crippen LogP contribution in [-0.4, -0.2) is 46.8 Å². The Bertz CT molecular complexity index is 3130. The third-order valence-electron chi connectivity index (χ3n) is 9.05. The number of nitrogens with one attached hydrogen (secondary N) is 2. The van der Waals surface area contributed by atoms with Crippen molar-refractivity contribution in [3.63, 3.8) is 0 Å². The van der Waals surface area contributed by atoms with Crippen LogP contribution in [0.25, 0.3) is 43.9 Å². The van der Waals surface area contributed by atoms with E-state index in [1.807, 2.05) is 0 Å². The Kier molecular flexibility index (Phi) is 17.6. The molecule has 0 bridgehead atoms. The fourth-order valence-corrected chi connectivity index (χ4v) is 7.77. The van der Waals surface area contributed by atoms with Crippen molar-refractivity contribution >= 4 is 28.6 Å². The molecular weight excluding hydrogens is 988 g/mol. The minimum atomic E-state index is -4.46. The minimum absolute atomic E-state index is 0. The maximum Gasteiger partial charge on any atom is 1.00 e. The van der Waals surface area contributed by atoms with Gasteiger partial charge in [-0.3, -0.25) is 23.8 Å². The van der Waals surface area contributed by atoms with Crippen molar-refractivity contribution in [2.24, 2.45) is 0 Å². The van der Waals surface area contributed by atoms with Gasteiger partial charge < -0.3 is 24.8 Å². The molecule has 0 radical (unpaired) electrons. The number of nitrogens with zero attached hydrogens (tertiary/aromatic N) is 4. The number of aromatic nitrogens is 6. The molecule has 0 aliphatic carbocycles. The number of alkyl halides is 6. The maximum atomic E-state index is 14.5. The second-order valence-electron chi connectivity index (χ2n) is 13.6. The molecule has 0 aliphatic heterocycles. The van der Waals surface area contributed by atoms with E-state index in [1.54, 1.807) is 0 Å². The van der Waals surface area contributed by atoms with Gasteiger partial charge in [0.2, 0.25) is 0 Å². The number of esters is 1. The molecule has 69 heavy (non-hydrogen) atoms. The number of hydrogen-bond acceptors (Lipinski definition) is 16. The van der Waals surface area contributed by atoms with Crippen molar-refractivity contribution < 1.29 is 103 Å². The van der Waals surface area contributed by atoms with Crippen LogP contribution in [0.1, 0.15) is 39.2 Å². The molecule has 0 saturated carbocycles. The molecule has 0 fully saturated rings. The zero-order valence-corrected chi connectivity index (χ0v) is 38.8. The zero-order valence-electron chi connectivity index (χ0n) is 35.2. The molecule has 0 amide bonds. The van der Waals surface area contributed by atoms with Gasteiger partial charge in [-0.25, -0.2) is 28.3 Å². The molecule has 8 aromatic rings. The number of benzene rings is 4. The van der Waals surface area contributed by atoms with Gasteiger partial charge in [0.25, 0.3) is 0 Å². The standard InChI is InChI=1S/C22H15F4N3O5S.C20H13F4N3O4S.Na.H2O/c1-11(30)32-9-17-18(35-20(27-17)12-2-4-13(5-3-12)22(24,25)26)10-33-14-6-7-15(16(23)8-14)19-28-21(31)34-29-19;21-14-7-12(5-6-13(14)17-26-19(29)31-27-17)30-9-16-15(8-28)25-18(32-16)10-1-3-11(4-2-10)20(22,23)24;;/h2-8H,9-10H2,1H3,(H,28,29,31);1-7,28H,8-9H2,(H,26,27,29);;1H2/q;;+1;/p-1. The Labute approximate surface area is 411 Å². The Morgan fingerprint density at radius 2 is 1.06 bits per heavy atom. The first kappa shape index (κ1) is 53.4. The number of carbonyl (C=O) groups is 1. The maximum absolute atomic E-state index is 14.5. The summed E-state index contributed by atoms with van der Waals surface area (Å²) in [5.41, 5.74) is 0.0177. The van der Waals surface area contributed by atoms with E-state index in [9.17, 15) is 54.6 Å². The van der Waals surface area contributed by atoms with E-state index in [0.29, 0.717) is 42.3 Å². The van der Waals surface area contributed by atoms with Gasteiger partial charge in [0.15, 0.2) is 11.6 Å². The molecule has 4 heterocycles. The van der Waals surface area contributed by atoms with Crippen LogP contribution in [0.3, 0.4) is 0 Å². The van der Waals surface area contributed by atoms with Crippen molar-refractivity contribution in [1.82, 2.24) is 30.2 Å². The van der Waals surface area contributed by atoms with Gasteiger partial charge in [-0.15, -0.1) is 22.7 Å². The minimum Gasteiger partial charge on any atom is -0.870 e. The largest absolute Gasteiger partial charge is 1.00 e. The number of rotatable bonds is 13.